The van der Waals surface area contributed by atoms with Crippen molar-refractivity contribution >= 4 is 21.8 Å². The molecule has 1 amide bonds. The van der Waals surface area contributed by atoms with Crippen molar-refractivity contribution in [1.29, 1.82) is 0 Å². The summed E-state index contributed by atoms with van der Waals surface area (Å²) >= 11 is 2.95. The molecule has 0 spiro atoms. The number of carbonyl (C=O) groups is 1. The van der Waals surface area contributed by atoms with Crippen LogP contribution in [-0.4, -0.2) is 24.9 Å². The Morgan fingerprint density at radius 1 is 1.43 bits per heavy atom. The molecule has 0 aromatic heterocycles. The van der Waals surface area contributed by atoms with Crippen LogP contribution in [0.5, 0.6) is 11.5 Å². The van der Waals surface area contributed by atoms with Crippen molar-refractivity contribution in [2.24, 2.45) is 0 Å². The number of amides is 1. The Labute approximate surface area is 128 Å². The molecule has 8 heteroatoms. The Morgan fingerprint density at radius 2 is 2.10 bits per heavy atom. The summed E-state index contributed by atoms with van der Waals surface area (Å²) in [5.74, 6) is -0.411. The van der Waals surface area contributed by atoms with Gasteiger partial charge in [-0.15, -0.1) is 13.2 Å². The lowest BCUT2D eigenvalue weighted by atomic mass is 10.2. The number of carbonyl (C=O) groups excluding carboxylic acids is 1. The zero-order valence-corrected chi connectivity index (χ0v) is 13.0. The maximum Gasteiger partial charge on any atom is 0.573 e. The molecule has 0 fully saturated rings. The minimum atomic E-state index is -4.76. The first kappa shape index (κ1) is 17.6. The summed E-state index contributed by atoms with van der Waals surface area (Å²) in [5.41, 5.74) is 0. The number of hydrogen-bond donors (Lipinski definition) is 1. The Balaban J connectivity index is 2.58. The van der Waals surface area contributed by atoms with E-state index in [1.54, 1.807) is 0 Å². The number of ether oxygens (including phenoxy) is 2. The van der Waals surface area contributed by atoms with Gasteiger partial charge >= 0.3 is 6.36 Å². The van der Waals surface area contributed by atoms with E-state index in [0.717, 1.165) is 12.5 Å². The molecular formula is C13H15BrF3NO3. The van der Waals surface area contributed by atoms with E-state index in [2.05, 4.69) is 26.0 Å². The van der Waals surface area contributed by atoms with Crippen molar-refractivity contribution < 1.29 is 27.4 Å². The van der Waals surface area contributed by atoms with Crippen LogP contribution in [-0.2, 0) is 4.79 Å². The van der Waals surface area contributed by atoms with Crippen molar-refractivity contribution in [2.75, 3.05) is 6.61 Å². The summed E-state index contributed by atoms with van der Waals surface area (Å²) in [5, 5.41) is 2.71. The zero-order valence-electron chi connectivity index (χ0n) is 11.5. The van der Waals surface area contributed by atoms with Crippen LogP contribution in [0.2, 0.25) is 0 Å². The zero-order chi connectivity index (χ0) is 16.0. The maximum atomic E-state index is 12.1. The van der Waals surface area contributed by atoms with Crippen molar-refractivity contribution in [3.63, 3.8) is 0 Å². The molecule has 0 heterocycles. The van der Waals surface area contributed by atoms with Gasteiger partial charge in [-0.05, 0) is 47.5 Å². The van der Waals surface area contributed by atoms with Crippen LogP contribution >= 0.6 is 15.9 Å². The lowest BCUT2D eigenvalue weighted by Gasteiger charge is -2.13. The molecule has 0 aliphatic rings. The van der Waals surface area contributed by atoms with Gasteiger partial charge in [0.25, 0.3) is 5.91 Å². The minimum absolute atomic E-state index is 0.0374. The molecule has 118 valence electrons. The standard InChI is InChI=1S/C13H15BrF3NO3/c1-3-8(2)18-12(19)7-20-9-4-5-11(10(14)6-9)21-13(15,16)17/h4-6,8H,3,7H2,1-2H3,(H,18,19). The quantitative estimate of drug-likeness (QED) is 0.832. The van der Waals surface area contributed by atoms with E-state index >= 15 is 0 Å². The Hall–Kier alpha value is -1.44. The van der Waals surface area contributed by atoms with Gasteiger partial charge in [0.1, 0.15) is 11.5 Å². The molecule has 1 atom stereocenters. The number of benzene rings is 1. The van der Waals surface area contributed by atoms with E-state index in [-0.39, 0.29) is 34.5 Å². The molecule has 0 saturated heterocycles. The number of alkyl halides is 3. The maximum absolute atomic E-state index is 12.1. The third-order valence-electron chi connectivity index (χ3n) is 2.52. The number of halogens is 4. The van der Waals surface area contributed by atoms with E-state index in [1.165, 1.54) is 12.1 Å². The van der Waals surface area contributed by atoms with E-state index in [0.29, 0.717) is 0 Å². The average Bonchev–Trinajstić information content (AvgIpc) is 2.37. The van der Waals surface area contributed by atoms with E-state index in [4.69, 9.17) is 4.74 Å². The molecule has 1 aromatic carbocycles. The van der Waals surface area contributed by atoms with Gasteiger partial charge < -0.3 is 14.8 Å². The molecule has 0 aliphatic heterocycles. The molecule has 1 aromatic rings. The summed E-state index contributed by atoms with van der Waals surface area (Å²) in [6.45, 7) is 3.58. The number of nitrogens with one attached hydrogen (secondary N) is 1. The molecule has 21 heavy (non-hydrogen) atoms. The van der Waals surface area contributed by atoms with Gasteiger partial charge in [0, 0.05) is 6.04 Å². The Bertz CT molecular complexity index is 494. The molecule has 0 saturated carbocycles. The van der Waals surface area contributed by atoms with Crippen molar-refractivity contribution in [2.45, 2.75) is 32.7 Å². The van der Waals surface area contributed by atoms with Crippen LogP contribution in [0, 0.1) is 0 Å². The fourth-order valence-electron chi connectivity index (χ4n) is 1.35. The smallest absolute Gasteiger partial charge is 0.484 e. The second kappa shape index (κ2) is 7.53. The molecule has 1 unspecified atom stereocenters. The molecular weight excluding hydrogens is 355 g/mol. The fraction of sp³-hybridized carbons (Fsp3) is 0.462. The molecule has 0 aliphatic carbocycles. The van der Waals surface area contributed by atoms with Crippen LogP contribution in [0.25, 0.3) is 0 Å². The highest BCUT2D eigenvalue weighted by Gasteiger charge is 2.32. The van der Waals surface area contributed by atoms with Gasteiger partial charge in [0.2, 0.25) is 0 Å². The lowest BCUT2D eigenvalue weighted by Crippen LogP contribution is -2.35. The monoisotopic (exact) mass is 369 g/mol. The van der Waals surface area contributed by atoms with E-state index in [1.807, 2.05) is 13.8 Å². The van der Waals surface area contributed by atoms with Gasteiger partial charge in [0.05, 0.1) is 4.47 Å². The van der Waals surface area contributed by atoms with Crippen molar-refractivity contribution in [1.82, 2.24) is 5.32 Å². The van der Waals surface area contributed by atoms with Crippen LogP contribution < -0.4 is 14.8 Å². The third kappa shape index (κ3) is 6.70. The average molecular weight is 370 g/mol. The molecule has 0 bridgehead atoms. The minimum Gasteiger partial charge on any atom is -0.484 e. The summed E-state index contributed by atoms with van der Waals surface area (Å²) in [6, 6.07) is 3.75. The highest BCUT2D eigenvalue weighted by molar-refractivity contribution is 9.10. The largest absolute Gasteiger partial charge is 0.573 e. The highest BCUT2D eigenvalue weighted by atomic mass is 79.9. The highest BCUT2D eigenvalue weighted by Crippen LogP contribution is 2.33. The van der Waals surface area contributed by atoms with Gasteiger partial charge in [-0.2, -0.15) is 0 Å². The summed E-state index contributed by atoms with van der Waals surface area (Å²) in [4.78, 5) is 11.5. The normalized spacial score (nSPS) is 12.7. The van der Waals surface area contributed by atoms with Crippen molar-refractivity contribution in [3.8, 4) is 11.5 Å². The predicted molar refractivity (Wildman–Crippen MR) is 74.2 cm³/mol. The van der Waals surface area contributed by atoms with Crippen LogP contribution in [0.1, 0.15) is 20.3 Å². The molecule has 1 rings (SSSR count). The SMILES string of the molecule is CCC(C)NC(=O)COc1ccc(OC(F)(F)F)c(Br)c1. The number of rotatable bonds is 6. The summed E-state index contributed by atoms with van der Waals surface area (Å²) < 4.78 is 45.4. The second-order valence-electron chi connectivity index (χ2n) is 4.31. The van der Waals surface area contributed by atoms with Gasteiger partial charge in [-0.1, -0.05) is 6.92 Å². The van der Waals surface area contributed by atoms with Gasteiger partial charge in [-0.3, -0.25) is 4.79 Å². The summed E-state index contributed by atoms with van der Waals surface area (Å²) in [6.07, 6.45) is -3.97. The first-order valence-corrected chi connectivity index (χ1v) is 6.98. The lowest BCUT2D eigenvalue weighted by molar-refractivity contribution is -0.274. The van der Waals surface area contributed by atoms with E-state index < -0.39 is 6.36 Å². The fourth-order valence-corrected chi connectivity index (χ4v) is 1.78. The topological polar surface area (TPSA) is 47.6 Å². The Kier molecular flexibility index (Phi) is 6.32. The molecule has 4 nitrogen and oxygen atoms in total. The number of hydrogen-bond acceptors (Lipinski definition) is 3. The first-order chi connectivity index (χ1) is 9.71. The molecule has 1 N–H and O–H groups in total. The predicted octanol–water partition coefficient (Wildman–Crippen LogP) is 3.64. The molecule has 0 radical (unpaired) electrons. The second-order valence-corrected chi connectivity index (χ2v) is 5.16. The van der Waals surface area contributed by atoms with Gasteiger partial charge in [0.15, 0.2) is 6.61 Å². The van der Waals surface area contributed by atoms with Crippen LogP contribution in [0.4, 0.5) is 13.2 Å². The van der Waals surface area contributed by atoms with Crippen molar-refractivity contribution in [3.05, 3.63) is 22.7 Å². The van der Waals surface area contributed by atoms with E-state index in [9.17, 15) is 18.0 Å². The van der Waals surface area contributed by atoms with Gasteiger partial charge in [-0.25, -0.2) is 0 Å². The van der Waals surface area contributed by atoms with Crippen LogP contribution in [0.3, 0.4) is 0 Å². The van der Waals surface area contributed by atoms with Crippen LogP contribution in [0.15, 0.2) is 22.7 Å². The third-order valence-corrected chi connectivity index (χ3v) is 3.14. The summed E-state index contributed by atoms with van der Waals surface area (Å²) in [7, 11) is 0. The first-order valence-electron chi connectivity index (χ1n) is 6.18. The Morgan fingerprint density at radius 3 is 2.62 bits per heavy atom.